The summed E-state index contributed by atoms with van der Waals surface area (Å²) in [5.41, 5.74) is 1.60. The van der Waals surface area contributed by atoms with Crippen molar-refractivity contribution in [3.05, 3.63) is 69.2 Å². The van der Waals surface area contributed by atoms with Gasteiger partial charge in [-0.2, -0.15) is 0 Å². The Balaban J connectivity index is 2.26. The van der Waals surface area contributed by atoms with Crippen LogP contribution in [-0.2, 0) is 4.74 Å². The van der Waals surface area contributed by atoms with Crippen molar-refractivity contribution in [3.63, 3.8) is 0 Å². The topological polar surface area (TPSA) is 58.6 Å². The number of aliphatic hydroxyl groups excluding tert-OH is 1. The Hall–Kier alpha value is -1.56. The smallest absolute Gasteiger partial charge is 0.407 e. The first kappa shape index (κ1) is 18.8. The second-order valence-electron chi connectivity index (χ2n) is 5.24. The Kier molecular flexibility index (Phi) is 7.09. The van der Waals surface area contributed by atoms with Crippen molar-refractivity contribution in [2.24, 2.45) is 0 Å². The number of nitrogens with one attached hydrogen (secondary N) is 1. The van der Waals surface area contributed by atoms with Gasteiger partial charge in [0, 0.05) is 16.9 Å². The molecule has 2 aromatic carbocycles. The number of amides is 1. The van der Waals surface area contributed by atoms with E-state index >= 15 is 0 Å². The molecule has 24 heavy (non-hydrogen) atoms. The van der Waals surface area contributed by atoms with E-state index in [1.54, 1.807) is 13.0 Å². The van der Waals surface area contributed by atoms with E-state index in [9.17, 15) is 9.90 Å². The van der Waals surface area contributed by atoms with Crippen LogP contribution in [0.25, 0.3) is 0 Å². The number of aliphatic hydroxyl groups is 1. The van der Waals surface area contributed by atoms with Gasteiger partial charge in [0.2, 0.25) is 0 Å². The normalized spacial score (nSPS) is 13.2. The Morgan fingerprint density at radius 1 is 1.25 bits per heavy atom. The van der Waals surface area contributed by atoms with E-state index in [0.717, 1.165) is 15.6 Å². The molecule has 0 heterocycles. The molecular formula is C18H19BrClNO3. The largest absolute Gasteiger partial charge is 0.450 e. The van der Waals surface area contributed by atoms with Gasteiger partial charge in [-0.15, -0.1) is 0 Å². The lowest BCUT2D eigenvalue weighted by Gasteiger charge is -2.24. The van der Waals surface area contributed by atoms with Crippen molar-refractivity contribution in [1.29, 1.82) is 0 Å². The summed E-state index contributed by atoms with van der Waals surface area (Å²) in [7, 11) is 0. The van der Waals surface area contributed by atoms with Gasteiger partial charge in [0.25, 0.3) is 0 Å². The minimum absolute atomic E-state index is 0.229. The second kappa shape index (κ2) is 9.06. The van der Waals surface area contributed by atoms with Crippen LogP contribution in [0, 0.1) is 0 Å². The summed E-state index contributed by atoms with van der Waals surface area (Å²) in [4.78, 5) is 11.6. The van der Waals surface area contributed by atoms with Crippen LogP contribution in [0.4, 0.5) is 4.79 Å². The minimum Gasteiger partial charge on any atom is -0.450 e. The molecule has 0 spiro atoms. The van der Waals surface area contributed by atoms with Crippen molar-refractivity contribution >= 4 is 33.6 Å². The maximum Gasteiger partial charge on any atom is 0.407 e. The highest BCUT2D eigenvalue weighted by atomic mass is 79.9. The van der Waals surface area contributed by atoms with Crippen LogP contribution in [0.3, 0.4) is 0 Å². The molecule has 2 aromatic rings. The third-order valence-corrected chi connectivity index (χ3v) is 4.87. The highest BCUT2D eigenvalue weighted by Gasteiger charge is 2.24. The summed E-state index contributed by atoms with van der Waals surface area (Å²) in [5, 5.41) is 14.0. The van der Waals surface area contributed by atoms with Crippen LogP contribution < -0.4 is 5.32 Å². The molecule has 6 heteroatoms. The van der Waals surface area contributed by atoms with Gasteiger partial charge in [0.15, 0.2) is 0 Å². The third-order valence-electron chi connectivity index (χ3n) is 3.64. The van der Waals surface area contributed by atoms with E-state index in [1.165, 1.54) is 0 Å². The molecule has 1 amide bonds. The molecular weight excluding hydrogens is 394 g/mol. The molecule has 0 unspecified atom stereocenters. The molecule has 2 rings (SSSR count). The number of carbonyl (C=O) groups is 1. The number of hydrogen-bond acceptors (Lipinski definition) is 3. The number of ether oxygens (including phenoxy) is 1. The molecule has 0 saturated heterocycles. The minimum atomic E-state index is -0.787. The fourth-order valence-corrected chi connectivity index (χ4v) is 2.85. The predicted molar refractivity (Wildman–Crippen MR) is 98.3 cm³/mol. The maximum atomic E-state index is 11.6. The van der Waals surface area contributed by atoms with Gasteiger partial charge >= 0.3 is 6.09 Å². The Morgan fingerprint density at radius 3 is 2.58 bits per heavy atom. The number of halogens is 2. The van der Waals surface area contributed by atoms with E-state index in [1.807, 2.05) is 42.5 Å². The Labute approximate surface area is 154 Å². The van der Waals surface area contributed by atoms with Crippen LogP contribution in [0.15, 0.2) is 53.0 Å². The quantitative estimate of drug-likeness (QED) is 0.725. The third kappa shape index (κ3) is 4.97. The maximum absolute atomic E-state index is 11.6. The summed E-state index contributed by atoms with van der Waals surface area (Å²) >= 11 is 9.54. The SMILES string of the molecule is CCOC(=O)NC[C@@H](c1ccc(Br)c(Cl)c1)[C@@H](O)c1ccccc1. The van der Waals surface area contributed by atoms with Crippen molar-refractivity contribution in [3.8, 4) is 0 Å². The molecule has 0 radical (unpaired) electrons. The van der Waals surface area contributed by atoms with Crippen molar-refractivity contribution in [1.82, 2.24) is 5.32 Å². The van der Waals surface area contributed by atoms with Crippen molar-refractivity contribution < 1.29 is 14.6 Å². The van der Waals surface area contributed by atoms with Gasteiger partial charge in [-0.3, -0.25) is 0 Å². The van der Waals surface area contributed by atoms with Crippen LogP contribution in [0.1, 0.15) is 30.1 Å². The molecule has 0 bridgehead atoms. The molecule has 0 aromatic heterocycles. The second-order valence-corrected chi connectivity index (χ2v) is 6.50. The van der Waals surface area contributed by atoms with E-state index in [-0.39, 0.29) is 12.5 Å². The monoisotopic (exact) mass is 411 g/mol. The Morgan fingerprint density at radius 2 is 1.96 bits per heavy atom. The number of benzene rings is 2. The summed E-state index contributed by atoms with van der Waals surface area (Å²) < 4.78 is 5.67. The predicted octanol–water partition coefficient (Wildman–Crippen LogP) is 4.67. The van der Waals surface area contributed by atoms with Crippen LogP contribution in [-0.4, -0.2) is 24.4 Å². The van der Waals surface area contributed by atoms with Crippen LogP contribution >= 0.6 is 27.5 Å². The number of hydrogen-bond donors (Lipinski definition) is 2. The fraction of sp³-hybridized carbons (Fsp3) is 0.278. The summed E-state index contributed by atoms with van der Waals surface area (Å²) in [6, 6.07) is 14.8. The number of carbonyl (C=O) groups excluding carboxylic acids is 1. The van der Waals surface area contributed by atoms with Crippen molar-refractivity contribution in [2.75, 3.05) is 13.2 Å². The van der Waals surface area contributed by atoms with E-state index in [2.05, 4.69) is 21.2 Å². The van der Waals surface area contributed by atoms with Crippen molar-refractivity contribution in [2.45, 2.75) is 18.9 Å². The molecule has 0 aliphatic rings. The number of alkyl carbamates (subject to hydrolysis) is 1. The molecule has 0 saturated carbocycles. The summed E-state index contributed by atoms with van der Waals surface area (Å²) in [6.45, 7) is 2.26. The Bertz CT molecular complexity index is 681. The summed E-state index contributed by atoms with van der Waals surface area (Å²) in [5.74, 6) is -0.359. The molecule has 0 aliphatic heterocycles. The fourth-order valence-electron chi connectivity index (χ4n) is 2.41. The molecule has 128 valence electrons. The lowest BCUT2D eigenvalue weighted by atomic mass is 9.89. The molecule has 2 N–H and O–H groups in total. The van der Waals surface area contributed by atoms with Gasteiger partial charge in [-0.25, -0.2) is 4.79 Å². The lowest BCUT2D eigenvalue weighted by molar-refractivity contribution is 0.131. The first-order valence-corrected chi connectivity index (χ1v) is 8.78. The van der Waals surface area contributed by atoms with Gasteiger partial charge in [-0.1, -0.05) is 48.0 Å². The average molecular weight is 413 g/mol. The highest BCUT2D eigenvalue weighted by molar-refractivity contribution is 9.10. The first-order chi connectivity index (χ1) is 11.5. The summed E-state index contributed by atoms with van der Waals surface area (Å²) in [6.07, 6.45) is -1.30. The highest BCUT2D eigenvalue weighted by Crippen LogP contribution is 2.34. The zero-order valence-electron chi connectivity index (χ0n) is 13.2. The molecule has 0 fully saturated rings. The average Bonchev–Trinajstić information content (AvgIpc) is 2.59. The van der Waals surface area contributed by atoms with Crippen LogP contribution in [0.5, 0.6) is 0 Å². The van der Waals surface area contributed by atoms with Gasteiger partial charge in [-0.05, 0) is 46.1 Å². The molecule has 0 aliphatic carbocycles. The zero-order valence-corrected chi connectivity index (χ0v) is 15.5. The van der Waals surface area contributed by atoms with E-state index in [4.69, 9.17) is 16.3 Å². The molecule has 2 atom stereocenters. The van der Waals surface area contributed by atoms with E-state index in [0.29, 0.717) is 11.6 Å². The zero-order chi connectivity index (χ0) is 17.5. The molecule has 4 nitrogen and oxygen atoms in total. The lowest BCUT2D eigenvalue weighted by Crippen LogP contribution is -2.31. The van der Waals surface area contributed by atoms with E-state index < -0.39 is 12.2 Å². The standard InChI is InChI=1S/C18H19BrClNO3/c1-2-24-18(23)21-11-14(13-8-9-15(19)16(20)10-13)17(22)12-6-4-3-5-7-12/h3-10,14,17,22H,2,11H2,1H3,(H,21,23)/t14-,17-/m0/s1. The van der Waals surface area contributed by atoms with Gasteiger partial charge in [0.1, 0.15) is 0 Å². The van der Waals surface area contributed by atoms with Gasteiger partial charge in [0.05, 0.1) is 17.7 Å². The number of rotatable bonds is 6. The van der Waals surface area contributed by atoms with Crippen LogP contribution in [0.2, 0.25) is 5.02 Å². The van der Waals surface area contributed by atoms with Gasteiger partial charge < -0.3 is 15.2 Å². The first-order valence-electron chi connectivity index (χ1n) is 7.61.